The first-order valence-corrected chi connectivity index (χ1v) is 9.41. The summed E-state index contributed by atoms with van der Waals surface area (Å²) in [6, 6.07) is 17.6. The zero-order chi connectivity index (χ0) is 18.5. The van der Waals surface area contributed by atoms with Gasteiger partial charge in [-0.3, -0.25) is 0 Å². The van der Waals surface area contributed by atoms with Gasteiger partial charge in [-0.2, -0.15) is 0 Å². The maximum Gasteiger partial charge on any atom is 0.156 e. The normalized spacial score (nSPS) is 10.6. The number of hydrogen-bond acceptors (Lipinski definition) is 2. The van der Waals surface area contributed by atoms with Crippen molar-refractivity contribution in [1.82, 2.24) is 0 Å². The Labute approximate surface area is 170 Å². The molecule has 0 radical (unpaired) electrons. The van der Waals surface area contributed by atoms with Crippen LogP contribution >= 0.6 is 39.1 Å². The lowest BCUT2D eigenvalue weighted by molar-refractivity contribution is 0.306. The monoisotopic (exact) mass is 453 g/mol. The highest BCUT2D eigenvalue weighted by Crippen LogP contribution is 2.35. The third kappa shape index (κ3) is 5.13. The van der Waals surface area contributed by atoms with Crippen molar-refractivity contribution in [3.05, 3.63) is 92.1 Å². The van der Waals surface area contributed by atoms with Gasteiger partial charge in [-0.25, -0.2) is 4.39 Å². The van der Waals surface area contributed by atoms with Gasteiger partial charge in [0.15, 0.2) is 5.75 Å². The van der Waals surface area contributed by atoms with Gasteiger partial charge in [-0.05, 0) is 59.7 Å². The van der Waals surface area contributed by atoms with Crippen molar-refractivity contribution in [2.24, 2.45) is 0 Å². The molecule has 0 unspecified atom stereocenters. The Morgan fingerprint density at radius 1 is 0.885 bits per heavy atom. The molecule has 0 saturated heterocycles. The predicted octanol–water partition coefficient (Wildman–Crippen LogP) is 7.09. The lowest BCUT2D eigenvalue weighted by Crippen LogP contribution is -2.01. The molecule has 6 heteroatoms. The third-order valence-corrected chi connectivity index (χ3v) is 4.79. The quantitative estimate of drug-likeness (QED) is 0.429. The first-order valence-electron chi connectivity index (χ1n) is 7.86. The van der Waals surface area contributed by atoms with Crippen molar-refractivity contribution in [2.75, 3.05) is 5.32 Å². The fourth-order valence-electron chi connectivity index (χ4n) is 2.36. The largest absolute Gasteiger partial charge is 0.486 e. The average Bonchev–Trinajstić information content (AvgIpc) is 2.62. The highest BCUT2D eigenvalue weighted by molar-refractivity contribution is 9.10. The molecule has 0 aliphatic carbocycles. The molecule has 1 N–H and O–H groups in total. The van der Waals surface area contributed by atoms with E-state index in [1.165, 1.54) is 12.1 Å². The maximum absolute atomic E-state index is 12.9. The van der Waals surface area contributed by atoms with Gasteiger partial charge in [-0.1, -0.05) is 51.3 Å². The summed E-state index contributed by atoms with van der Waals surface area (Å²) in [5.41, 5.74) is 2.73. The number of anilines is 1. The summed E-state index contributed by atoms with van der Waals surface area (Å²) in [6.07, 6.45) is 0. The number of hydrogen-bond donors (Lipinski definition) is 1. The van der Waals surface area contributed by atoms with Crippen LogP contribution < -0.4 is 10.1 Å². The molecule has 0 saturated carbocycles. The van der Waals surface area contributed by atoms with Gasteiger partial charge in [-0.15, -0.1) is 0 Å². The number of halogens is 4. The number of rotatable bonds is 6. The Bertz CT molecular complexity index is 862. The van der Waals surface area contributed by atoms with E-state index in [2.05, 4.69) is 21.2 Å². The second-order valence-corrected chi connectivity index (χ2v) is 7.39. The summed E-state index contributed by atoms with van der Waals surface area (Å²) in [5, 5.41) is 4.10. The zero-order valence-corrected chi connectivity index (χ0v) is 16.7. The summed E-state index contributed by atoms with van der Waals surface area (Å²) in [6.45, 7) is 0.887. The van der Waals surface area contributed by atoms with Crippen LogP contribution in [0.4, 0.5) is 10.1 Å². The Morgan fingerprint density at radius 3 is 2.12 bits per heavy atom. The van der Waals surface area contributed by atoms with Crippen LogP contribution in [-0.2, 0) is 13.2 Å². The molecule has 0 aromatic heterocycles. The molecule has 0 aliphatic heterocycles. The molecular formula is C20H15BrCl2FNO. The summed E-state index contributed by atoms with van der Waals surface area (Å²) in [4.78, 5) is 0. The molecule has 0 aliphatic rings. The highest BCUT2D eigenvalue weighted by Gasteiger charge is 2.10. The summed E-state index contributed by atoms with van der Waals surface area (Å²) in [7, 11) is 0. The molecule has 3 aromatic rings. The van der Waals surface area contributed by atoms with Crippen LogP contribution in [-0.4, -0.2) is 0 Å². The van der Waals surface area contributed by atoms with E-state index in [1.807, 2.05) is 24.3 Å². The lowest BCUT2D eigenvalue weighted by Gasteiger charge is -2.13. The van der Waals surface area contributed by atoms with Crippen LogP contribution in [0.1, 0.15) is 11.1 Å². The molecule has 26 heavy (non-hydrogen) atoms. The Balaban J connectivity index is 1.65. The highest BCUT2D eigenvalue weighted by atomic mass is 79.9. The summed E-state index contributed by atoms with van der Waals surface area (Å²) >= 11 is 16.1. The topological polar surface area (TPSA) is 21.3 Å². The third-order valence-electron chi connectivity index (χ3n) is 3.70. The van der Waals surface area contributed by atoms with Gasteiger partial charge < -0.3 is 10.1 Å². The van der Waals surface area contributed by atoms with Crippen LogP contribution in [0, 0.1) is 5.82 Å². The minimum Gasteiger partial charge on any atom is -0.486 e. The van der Waals surface area contributed by atoms with E-state index in [1.54, 1.807) is 24.3 Å². The molecule has 134 valence electrons. The van der Waals surface area contributed by atoms with Crippen LogP contribution in [0.2, 0.25) is 10.0 Å². The predicted molar refractivity (Wildman–Crippen MR) is 109 cm³/mol. The first kappa shape index (κ1) is 19.0. The molecule has 0 amide bonds. The van der Waals surface area contributed by atoms with E-state index in [-0.39, 0.29) is 5.82 Å². The first-order chi connectivity index (χ1) is 12.5. The molecule has 0 heterocycles. The number of ether oxygens (including phenoxy) is 1. The van der Waals surface area contributed by atoms with E-state index in [0.29, 0.717) is 28.9 Å². The van der Waals surface area contributed by atoms with Crippen LogP contribution in [0.3, 0.4) is 0 Å². The average molecular weight is 455 g/mol. The molecule has 0 bridgehead atoms. The number of nitrogens with one attached hydrogen (secondary N) is 1. The fraction of sp³-hybridized carbons (Fsp3) is 0.100. The minimum absolute atomic E-state index is 0.270. The Hall–Kier alpha value is -1.75. The van der Waals surface area contributed by atoms with Gasteiger partial charge in [0, 0.05) is 16.7 Å². The van der Waals surface area contributed by atoms with Crippen LogP contribution in [0.5, 0.6) is 5.75 Å². The second-order valence-electron chi connectivity index (χ2n) is 5.66. The van der Waals surface area contributed by atoms with Crippen molar-refractivity contribution < 1.29 is 9.13 Å². The van der Waals surface area contributed by atoms with Gasteiger partial charge >= 0.3 is 0 Å². The lowest BCUT2D eigenvalue weighted by atomic mass is 10.2. The van der Waals surface area contributed by atoms with Crippen molar-refractivity contribution in [2.45, 2.75) is 13.2 Å². The van der Waals surface area contributed by atoms with Gasteiger partial charge in [0.2, 0.25) is 0 Å². The van der Waals surface area contributed by atoms with E-state index in [0.717, 1.165) is 21.3 Å². The summed E-state index contributed by atoms with van der Waals surface area (Å²) in [5.74, 6) is 0.190. The van der Waals surface area contributed by atoms with E-state index >= 15 is 0 Å². The molecular weight excluding hydrogens is 440 g/mol. The molecule has 0 atom stereocenters. The summed E-state index contributed by atoms with van der Waals surface area (Å²) < 4.78 is 19.7. The van der Waals surface area contributed by atoms with Crippen LogP contribution in [0.25, 0.3) is 0 Å². The van der Waals surface area contributed by atoms with E-state index in [9.17, 15) is 4.39 Å². The molecule has 0 fully saturated rings. The van der Waals surface area contributed by atoms with E-state index in [4.69, 9.17) is 27.9 Å². The van der Waals surface area contributed by atoms with Crippen molar-refractivity contribution in [3.63, 3.8) is 0 Å². The van der Waals surface area contributed by atoms with Crippen molar-refractivity contribution in [3.8, 4) is 5.75 Å². The van der Waals surface area contributed by atoms with Gasteiger partial charge in [0.05, 0.1) is 10.0 Å². The van der Waals surface area contributed by atoms with Crippen molar-refractivity contribution >= 4 is 44.8 Å². The smallest absolute Gasteiger partial charge is 0.156 e. The van der Waals surface area contributed by atoms with Crippen LogP contribution in [0.15, 0.2) is 65.1 Å². The Morgan fingerprint density at radius 2 is 1.50 bits per heavy atom. The maximum atomic E-state index is 12.9. The second kappa shape index (κ2) is 8.76. The minimum atomic E-state index is -0.270. The van der Waals surface area contributed by atoms with Crippen molar-refractivity contribution in [1.29, 1.82) is 0 Å². The molecule has 3 rings (SSSR count). The zero-order valence-electron chi connectivity index (χ0n) is 13.6. The van der Waals surface area contributed by atoms with E-state index < -0.39 is 0 Å². The molecule has 3 aromatic carbocycles. The Kier molecular flexibility index (Phi) is 6.41. The van der Waals surface area contributed by atoms with Gasteiger partial charge in [0.25, 0.3) is 0 Å². The standard InChI is InChI=1S/C20H15BrCl2FNO/c21-15-3-1-13(2-4-15)12-26-20-18(22)9-14(10-19(20)23)11-25-17-7-5-16(24)6-8-17/h1-10,25H,11-12H2. The SMILES string of the molecule is Fc1ccc(NCc2cc(Cl)c(OCc3ccc(Br)cc3)c(Cl)c2)cc1. The van der Waals surface area contributed by atoms with Gasteiger partial charge in [0.1, 0.15) is 12.4 Å². The fourth-order valence-corrected chi connectivity index (χ4v) is 3.27. The number of benzene rings is 3. The molecule has 2 nitrogen and oxygen atoms in total. The molecule has 0 spiro atoms.